The molecule has 0 spiro atoms. The summed E-state index contributed by atoms with van der Waals surface area (Å²) >= 11 is 0. The quantitative estimate of drug-likeness (QED) is 0.680. The molecule has 0 aliphatic heterocycles. The molecule has 1 aromatic carbocycles. The monoisotopic (exact) mass is 247 g/mol. The Hall–Kier alpha value is -1.34. The Labute approximate surface area is 94.0 Å². The van der Waals surface area contributed by atoms with E-state index in [-0.39, 0.29) is 17.9 Å². The summed E-state index contributed by atoms with van der Waals surface area (Å²) in [6.45, 7) is 2.10. The van der Waals surface area contributed by atoms with E-state index in [2.05, 4.69) is 9.44 Å². The van der Waals surface area contributed by atoms with Crippen molar-refractivity contribution in [3.05, 3.63) is 24.0 Å². The molecule has 0 saturated heterocycles. The number of halogens is 1. The summed E-state index contributed by atoms with van der Waals surface area (Å²) in [5.74, 6) is -0.707. The first-order valence-corrected chi connectivity index (χ1v) is 6.26. The van der Waals surface area contributed by atoms with E-state index >= 15 is 0 Å². The number of nitrogens with one attached hydrogen (secondary N) is 2. The third-order valence-corrected chi connectivity index (χ3v) is 2.88. The molecule has 4 N–H and O–H groups in total. The standard InChI is InChI=1S/C9H14FN3O2S/c1-2-6-12-16(14,15)13-9-7(10)4-3-5-8(9)11/h3-5,12-13H,2,6,11H2,1H3. The average molecular weight is 247 g/mol. The number of para-hydroxylation sites is 1. The van der Waals surface area contributed by atoms with Gasteiger partial charge in [-0.05, 0) is 18.6 Å². The van der Waals surface area contributed by atoms with Crippen LogP contribution in [0.25, 0.3) is 0 Å². The zero-order valence-corrected chi connectivity index (χ0v) is 9.64. The molecule has 16 heavy (non-hydrogen) atoms. The predicted octanol–water partition coefficient (Wildman–Crippen LogP) is 1.06. The molecule has 0 unspecified atom stereocenters. The van der Waals surface area contributed by atoms with E-state index in [0.29, 0.717) is 6.42 Å². The van der Waals surface area contributed by atoms with Gasteiger partial charge in [0.25, 0.3) is 10.2 Å². The van der Waals surface area contributed by atoms with Crippen molar-refractivity contribution in [1.82, 2.24) is 4.72 Å². The van der Waals surface area contributed by atoms with Crippen LogP contribution >= 0.6 is 0 Å². The van der Waals surface area contributed by atoms with E-state index in [4.69, 9.17) is 5.73 Å². The summed E-state index contributed by atoms with van der Waals surface area (Å²) in [4.78, 5) is 0. The molecule has 0 bridgehead atoms. The van der Waals surface area contributed by atoms with Crippen molar-refractivity contribution in [1.29, 1.82) is 0 Å². The van der Waals surface area contributed by atoms with Crippen LogP contribution in [0.5, 0.6) is 0 Å². The van der Waals surface area contributed by atoms with Crippen LogP contribution in [0.4, 0.5) is 15.8 Å². The normalized spacial score (nSPS) is 11.4. The fraction of sp³-hybridized carbons (Fsp3) is 0.333. The van der Waals surface area contributed by atoms with Gasteiger partial charge in [0.2, 0.25) is 0 Å². The minimum Gasteiger partial charge on any atom is -0.397 e. The lowest BCUT2D eigenvalue weighted by molar-refractivity contribution is 0.584. The van der Waals surface area contributed by atoms with E-state index in [1.165, 1.54) is 12.1 Å². The van der Waals surface area contributed by atoms with Crippen molar-refractivity contribution in [3.8, 4) is 0 Å². The number of hydrogen-bond acceptors (Lipinski definition) is 3. The molecule has 0 fully saturated rings. The van der Waals surface area contributed by atoms with Gasteiger partial charge in [0, 0.05) is 6.54 Å². The molecule has 1 aromatic rings. The number of nitrogen functional groups attached to an aromatic ring is 1. The van der Waals surface area contributed by atoms with Gasteiger partial charge in [-0.15, -0.1) is 0 Å². The van der Waals surface area contributed by atoms with Crippen LogP contribution in [0.3, 0.4) is 0 Å². The second-order valence-corrected chi connectivity index (χ2v) is 4.70. The second kappa shape index (κ2) is 5.13. The Balaban J connectivity index is 2.88. The van der Waals surface area contributed by atoms with Crippen molar-refractivity contribution < 1.29 is 12.8 Å². The summed E-state index contributed by atoms with van der Waals surface area (Å²) in [5, 5.41) is 0. The van der Waals surface area contributed by atoms with Gasteiger partial charge in [-0.2, -0.15) is 13.1 Å². The van der Waals surface area contributed by atoms with Gasteiger partial charge in [-0.1, -0.05) is 13.0 Å². The van der Waals surface area contributed by atoms with Crippen LogP contribution in [-0.2, 0) is 10.2 Å². The van der Waals surface area contributed by atoms with Gasteiger partial charge < -0.3 is 5.73 Å². The van der Waals surface area contributed by atoms with Crippen molar-refractivity contribution in [2.24, 2.45) is 0 Å². The molecule has 1 rings (SSSR count). The molecule has 0 radical (unpaired) electrons. The molecule has 90 valence electrons. The Morgan fingerprint density at radius 3 is 2.69 bits per heavy atom. The van der Waals surface area contributed by atoms with E-state index in [1.807, 2.05) is 6.92 Å². The van der Waals surface area contributed by atoms with Crippen LogP contribution in [0.1, 0.15) is 13.3 Å². The zero-order valence-electron chi connectivity index (χ0n) is 8.83. The van der Waals surface area contributed by atoms with Crippen LogP contribution in [0.2, 0.25) is 0 Å². The fourth-order valence-electron chi connectivity index (χ4n) is 1.06. The van der Waals surface area contributed by atoms with Crippen molar-refractivity contribution >= 4 is 21.6 Å². The van der Waals surface area contributed by atoms with Gasteiger partial charge in [0.15, 0.2) is 0 Å². The van der Waals surface area contributed by atoms with E-state index < -0.39 is 16.0 Å². The highest BCUT2D eigenvalue weighted by Crippen LogP contribution is 2.22. The van der Waals surface area contributed by atoms with Gasteiger partial charge in [0.05, 0.1) is 5.69 Å². The first-order valence-electron chi connectivity index (χ1n) is 4.77. The number of hydrogen-bond donors (Lipinski definition) is 3. The maximum absolute atomic E-state index is 13.3. The molecule has 0 saturated carbocycles. The maximum atomic E-state index is 13.3. The van der Waals surface area contributed by atoms with Crippen molar-refractivity contribution in [2.75, 3.05) is 17.0 Å². The molecule has 0 aliphatic carbocycles. The number of anilines is 2. The third kappa shape index (κ3) is 3.35. The summed E-state index contributed by atoms with van der Waals surface area (Å²) in [6, 6.07) is 3.96. The SMILES string of the molecule is CCCNS(=O)(=O)Nc1c(N)cccc1F. The first-order chi connectivity index (χ1) is 7.46. The molecule has 0 amide bonds. The van der Waals surface area contributed by atoms with Gasteiger partial charge in [0.1, 0.15) is 11.5 Å². The minimum atomic E-state index is -3.76. The van der Waals surface area contributed by atoms with Crippen LogP contribution < -0.4 is 15.2 Å². The Bertz CT molecular complexity index is 442. The summed E-state index contributed by atoms with van der Waals surface area (Å²) in [7, 11) is -3.76. The molecular weight excluding hydrogens is 233 g/mol. The second-order valence-electron chi connectivity index (χ2n) is 3.20. The van der Waals surface area contributed by atoms with Gasteiger partial charge in [-0.25, -0.2) is 4.39 Å². The molecular formula is C9H14FN3O2S. The third-order valence-electron chi connectivity index (χ3n) is 1.82. The topological polar surface area (TPSA) is 84.2 Å². The largest absolute Gasteiger partial charge is 0.397 e. The Kier molecular flexibility index (Phi) is 4.08. The van der Waals surface area contributed by atoms with E-state index in [9.17, 15) is 12.8 Å². The van der Waals surface area contributed by atoms with Crippen LogP contribution in [0, 0.1) is 5.82 Å². The lowest BCUT2D eigenvalue weighted by Crippen LogP contribution is -2.31. The summed E-state index contributed by atoms with van der Waals surface area (Å²) in [5.41, 5.74) is 5.28. The lowest BCUT2D eigenvalue weighted by Gasteiger charge is -2.11. The van der Waals surface area contributed by atoms with Crippen molar-refractivity contribution in [3.63, 3.8) is 0 Å². The Morgan fingerprint density at radius 1 is 1.44 bits per heavy atom. The lowest BCUT2D eigenvalue weighted by atomic mass is 10.3. The number of benzene rings is 1. The predicted molar refractivity (Wildman–Crippen MR) is 61.6 cm³/mol. The van der Waals surface area contributed by atoms with Gasteiger partial charge in [-0.3, -0.25) is 4.72 Å². The highest BCUT2D eigenvalue weighted by molar-refractivity contribution is 7.90. The molecule has 0 aromatic heterocycles. The average Bonchev–Trinajstić information content (AvgIpc) is 2.21. The summed E-state index contributed by atoms with van der Waals surface area (Å²) in [6.07, 6.45) is 0.646. The van der Waals surface area contributed by atoms with Crippen LogP contribution in [-0.4, -0.2) is 15.0 Å². The molecule has 0 atom stereocenters. The Morgan fingerprint density at radius 2 is 2.12 bits per heavy atom. The van der Waals surface area contributed by atoms with E-state index in [1.54, 1.807) is 0 Å². The molecule has 5 nitrogen and oxygen atoms in total. The molecule has 0 heterocycles. The summed E-state index contributed by atoms with van der Waals surface area (Å²) < 4.78 is 40.4. The first kappa shape index (κ1) is 12.7. The smallest absolute Gasteiger partial charge is 0.299 e. The number of nitrogens with two attached hydrogens (primary N) is 1. The highest BCUT2D eigenvalue weighted by atomic mass is 32.2. The highest BCUT2D eigenvalue weighted by Gasteiger charge is 2.13. The minimum absolute atomic E-state index is 0.0434. The maximum Gasteiger partial charge on any atom is 0.299 e. The van der Waals surface area contributed by atoms with Gasteiger partial charge >= 0.3 is 0 Å². The van der Waals surface area contributed by atoms with E-state index in [0.717, 1.165) is 6.07 Å². The zero-order chi connectivity index (χ0) is 12.2. The molecule has 7 heteroatoms. The molecule has 0 aliphatic rings. The number of rotatable bonds is 5. The fourth-order valence-corrected chi connectivity index (χ4v) is 2.08. The van der Waals surface area contributed by atoms with Crippen molar-refractivity contribution in [2.45, 2.75) is 13.3 Å². The van der Waals surface area contributed by atoms with Crippen LogP contribution in [0.15, 0.2) is 18.2 Å².